The van der Waals surface area contributed by atoms with E-state index in [4.69, 9.17) is 0 Å². The van der Waals surface area contributed by atoms with Gasteiger partial charge in [-0.05, 0) is 19.1 Å². The van der Waals surface area contributed by atoms with Crippen LogP contribution in [0.5, 0.6) is 0 Å². The molecule has 0 aliphatic rings. The fraction of sp³-hybridized carbons (Fsp3) is 0.444. The highest BCUT2D eigenvalue weighted by atomic mass is 32.2. The molecule has 1 aromatic rings. The average molecular weight is 198 g/mol. The SMILES string of the molecule is CC(CS(C)=O)Nc1ccncc1. The minimum absolute atomic E-state index is 0.230. The number of nitrogens with zero attached hydrogens (tertiary/aromatic N) is 1. The monoisotopic (exact) mass is 198 g/mol. The number of hydrogen-bond donors (Lipinski definition) is 1. The molecular formula is C9H14N2OS. The molecule has 4 heteroatoms. The third kappa shape index (κ3) is 4.03. The predicted molar refractivity (Wildman–Crippen MR) is 56.3 cm³/mol. The first-order valence-electron chi connectivity index (χ1n) is 4.15. The number of hydrogen-bond acceptors (Lipinski definition) is 3. The van der Waals surface area contributed by atoms with Crippen LogP contribution in [0.25, 0.3) is 0 Å². The maximum absolute atomic E-state index is 10.9. The van der Waals surface area contributed by atoms with E-state index in [1.165, 1.54) is 0 Å². The lowest BCUT2D eigenvalue weighted by Gasteiger charge is -2.12. The lowest BCUT2D eigenvalue weighted by Crippen LogP contribution is -2.22. The van der Waals surface area contributed by atoms with Gasteiger partial charge in [0.05, 0.1) is 0 Å². The topological polar surface area (TPSA) is 42.0 Å². The van der Waals surface area contributed by atoms with E-state index in [0.717, 1.165) is 5.69 Å². The number of nitrogens with one attached hydrogen (secondary N) is 1. The van der Waals surface area contributed by atoms with E-state index >= 15 is 0 Å². The summed E-state index contributed by atoms with van der Waals surface area (Å²) in [5.74, 6) is 0.669. The van der Waals surface area contributed by atoms with E-state index in [1.807, 2.05) is 19.1 Å². The molecule has 1 heterocycles. The van der Waals surface area contributed by atoms with Crippen molar-refractivity contribution in [1.29, 1.82) is 0 Å². The summed E-state index contributed by atoms with van der Waals surface area (Å²) in [5, 5.41) is 3.24. The van der Waals surface area contributed by atoms with Crippen LogP contribution in [-0.4, -0.2) is 27.2 Å². The highest BCUT2D eigenvalue weighted by molar-refractivity contribution is 7.84. The molecule has 0 spiro atoms. The van der Waals surface area contributed by atoms with Crippen LogP contribution in [0.1, 0.15) is 6.92 Å². The Morgan fingerprint density at radius 3 is 2.69 bits per heavy atom. The Kier molecular flexibility index (Phi) is 3.89. The van der Waals surface area contributed by atoms with Crippen molar-refractivity contribution in [3.8, 4) is 0 Å². The maximum atomic E-state index is 10.9. The normalized spacial score (nSPS) is 14.9. The van der Waals surface area contributed by atoms with E-state index in [9.17, 15) is 4.21 Å². The molecule has 0 saturated carbocycles. The minimum atomic E-state index is -0.747. The predicted octanol–water partition coefficient (Wildman–Crippen LogP) is 1.26. The molecule has 2 unspecified atom stereocenters. The Bertz CT molecular complexity index is 276. The third-order valence-corrected chi connectivity index (χ3v) is 2.55. The lowest BCUT2D eigenvalue weighted by atomic mass is 10.3. The molecule has 0 fully saturated rings. The standard InChI is InChI=1S/C9H14N2OS/c1-8(7-13(2)12)11-9-3-5-10-6-4-9/h3-6,8H,7H2,1-2H3,(H,10,11). The van der Waals surface area contributed by atoms with Crippen molar-refractivity contribution >= 4 is 16.5 Å². The van der Waals surface area contributed by atoms with Crippen molar-refractivity contribution in [2.75, 3.05) is 17.3 Å². The van der Waals surface area contributed by atoms with Crippen molar-refractivity contribution in [1.82, 2.24) is 4.98 Å². The molecular weight excluding hydrogens is 184 g/mol. The smallest absolute Gasteiger partial charge is 0.0431 e. The van der Waals surface area contributed by atoms with Gasteiger partial charge >= 0.3 is 0 Å². The van der Waals surface area contributed by atoms with Gasteiger partial charge in [-0.2, -0.15) is 0 Å². The van der Waals surface area contributed by atoms with Crippen LogP contribution >= 0.6 is 0 Å². The van der Waals surface area contributed by atoms with Crippen molar-refractivity contribution in [2.45, 2.75) is 13.0 Å². The molecule has 3 nitrogen and oxygen atoms in total. The lowest BCUT2D eigenvalue weighted by molar-refractivity contribution is 0.683. The first-order chi connectivity index (χ1) is 6.18. The molecule has 0 aliphatic carbocycles. The molecule has 0 saturated heterocycles. The van der Waals surface area contributed by atoms with Gasteiger partial charge in [0, 0.05) is 46.9 Å². The van der Waals surface area contributed by atoms with Gasteiger partial charge in [0.15, 0.2) is 0 Å². The summed E-state index contributed by atoms with van der Waals surface area (Å²) < 4.78 is 10.9. The van der Waals surface area contributed by atoms with Crippen molar-refractivity contribution in [3.63, 3.8) is 0 Å². The second-order valence-electron chi connectivity index (χ2n) is 3.02. The zero-order valence-electron chi connectivity index (χ0n) is 7.86. The fourth-order valence-corrected chi connectivity index (χ4v) is 1.91. The minimum Gasteiger partial charge on any atom is -0.382 e. The van der Waals surface area contributed by atoms with E-state index in [1.54, 1.807) is 18.6 Å². The fourth-order valence-electron chi connectivity index (χ4n) is 1.13. The van der Waals surface area contributed by atoms with Crippen molar-refractivity contribution in [2.24, 2.45) is 0 Å². The van der Waals surface area contributed by atoms with Gasteiger partial charge in [0.2, 0.25) is 0 Å². The number of rotatable bonds is 4. The molecule has 0 aromatic carbocycles. The van der Waals surface area contributed by atoms with Gasteiger partial charge < -0.3 is 5.32 Å². The number of pyridine rings is 1. The first kappa shape index (κ1) is 10.2. The molecule has 0 bridgehead atoms. The van der Waals surface area contributed by atoms with Gasteiger partial charge in [-0.3, -0.25) is 9.19 Å². The van der Waals surface area contributed by atoms with Gasteiger partial charge in [-0.15, -0.1) is 0 Å². The highest BCUT2D eigenvalue weighted by Gasteiger charge is 2.02. The Morgan fingerprint density at radius 1 is 1.54 bits per heavy atom. The Balaban J connectivity index is 2.45. The molecule has 72 valence electrons. The third-order valence-electron chi connectivity index (χ3n) is 1.58. The van der Waals surface area contributed by atoms with E-state index < -0.39 is 10.8 Å². The van der Waals surface area contributed by atoms with Gasteiger partial charge in [0.25, 0.3) is 0 Å². The molecule has 0 aliphatic heterocycles. The van der Waals surface area contributed by atoms with Crippen LogP contribution in [0.3, 0.4) is 0 Å². The average Bonchev–Trinajstić information content (AvgIpc) is 2.04. The Morgan fingerprint density at radius 2 is 2.15 bits per heavy atom. The van der Waals surface area contributed by atoms with E-state index in [2.05, 4.69) is 10.3 Å². The van der Waals surface area contributed by atoms with Crippen LogP contribution in [0.4, 0.5) is 5.69 Å². The largest absolute Gasteiger partial charge is 0.382 e. The van der Waals surface area contributed by atoms with Gasteiger partial charge in [-0.1, -0.05) is 0 Å². The summed E-state index contributed by atoms with van der Waals surface area (Å²) in [6.07, 6.45) is 5.18. The molecule has 2 atom stereocenters. The second-order valence-corrected chi connectivity index (χ2v) is 4.50. The summed E-state index contributed by atoms with van der Waals surface area (Å²) in [5.41, 5.74) is 1.02. The highest BCUT2D eigenvalue weighted by Crippen LogP contribution is 2.05. The summed E-state index contributed by atoms with van der Waals surface area (Å²) >= 11 is 0. The van der Waals surface area contributed by atoms with Crippen LogP contribution < -0.4 is 5.32 Å². The zero-order valence-corrected chi connectivity index (χ0v) is 8.67. The molecule has 1 aromatic heterocycles. The van der Waals surface area contributed by atoms with E-state index in [0.29, 0.717) is 5.75 Å². The van der Waals surface area contributed by atoms with E-state index in [-0.39, 0.29) is 6.04 Å². The molecule has 1 N–H and O–H groups in total. The number of aromatic nitrogens is 1. The summed E-state index contributed by atoms with van der Waals surface area (Å²) in [7, 11) is -0.747. The molecule has 1 rings (SSSR count). The number of anilines is 1. The molecule has 0 amide bonds. The first-order valence-corrected chi connectivity index (χ1v) is 5.88. The van der Waals surface area contributed by atoms with Crippen LogP contribution in [0, 0.1) is 0 Å². The maximum Gasteiger partial charge on any atom is 0.0431 e. The second kappa shape index (κ2) is 4.97. The van der Waals surface area contributed by atoms with Crippen LogP contribution in [0.15, 0.2) is 24.5 Å². The zero-order chi connectivity index (χ0) is 9.68. The summed E-state index contributed by atoms with van der Waals surface area (Å²) in [6, 6.07) is 4.03. The summed E-state index contributed by atoms with van der Waals surface area (Å²) in [4.78, 5) is 3.91. The van der Waals surface area contributed by atoms with Crippen molar-refractivity contribution < 1.29 is 4.21 Å². The van der Waals surface area contributed by atoms with Gasteiger partial charge in [-0.25, -0.2) is 0 Å². The van der Waals surface area contributed by atoms with Crippen LogP contribution in [-0.2, 0) is 10.8 Å². The van der Waals surface area contributed by atoms with Crippen LogP contribution in [0.2, 0.25) is 0 Å². The van der Waals surface area contributed by atoms with Gasteiger partial charge in [0.1, 0.15) is 0 Å². The molecule has 13 heavy (non-hydrogen) atoms. The van der Waals surface area contributed by atoms with Crippen molar-refractivity contribution in [3.05, 3.63) is 24.5 Å². The molecule has 0 radical (unpaired) electrons. The Hall–Kier alpha value is -0.900. The Labute approximate surface area is 81.0 Å². The quantitative estimate of drug-likeness (QED) is 0.792. The summed E-state index contributed by atoms with van der Waals surface area (Å²) in [6.45, 7) is 2.02.